The first-order valence-corrected chi connectivity index (χ1v) is 12.2. The lowest BCUT2D eigenvalue weighted by atomic mass is 9.87. The Hall–Kier alpha value is -2.34. The molecule has 6 heteroatoms. The fourth-order valence-electron chi connectivity index (χ4n) is 3.64. The van der Waals surface area contributed by atoms with Gasteiger partial charge in [-0.15, -0.1) is 0 Å². The van der Waals surface area contributed by atoms with E-state index in [1.807, 2.05) is 37.3 Å². The third-order valence-electron chi connectivity index (χ3n) is 5.89. The van der Waals surface area contributed by atoms with E-state index in [2.05, 4.69) is 25.6 Å². The molecule has 0 radical (unpaired) electrons. The molecule has 184 valence electrons. The first-order chi connectivity index (χ1) is 16.4. The molecule has 0 aliphatic heterocycles. The summed E-state index contributed by atoms with van der Waals surface area (Å²) in [7, 11) is 1.50. The molecule has 1 aliphatic rings. The molecule has 4 N–H and O–H groups in total. The molecule has 3 aromatic rings. The number of hydrogen-bond donors (Lipinski definition) is 2. The highest BCUT2D eigenvalue weighted by atomic mass is 35.5. The average molecular weight is 488 g/mol. The molecule has 0 bridgehead atoms. The molecule has 0 amide bonds. The van der Waals surface area contributed by atoms with E-state index in [0.717, 1.165) is 34.9 Å². The fourth-order valence-corrected chi connectivity index (χ4v) is 3.80. The highest BCUT2D eigenvalue weighted by Gasteiger charge is 2.22. The SMILES string of the molecule is C1CC1.CCC(C)c1cc(C(CN)c2ccccc2)nc(-c2cc(Cl)c(F)cc2F)c1C.CN. The number of nitrogens with two attached hydrogens (primary N) is 2. The van der Waals surface area contributed by atoms with Crippen molar-refractivity contribution in [3.8, 4) is 11.3 Å². The molecule has 1 saturated carbocycles. The summed E-state index contributed by atoms with van der Waals surface area (Å²) in [5.41, 5.74) is 15.1. The van der Waals surface area contributed by atoms with Gasteiger partial charge < -0.3 is 11.5 Å². The fraction of sp³-hybridized carbons (Fsp3) is 0.393. The van der Waals surface area contributed by atoms with Crippen molar-refractivity contribution in [2.24, 2.45) is 11.5 Å². The van der Waals surface area contributed by atoms with Crippen LogP contribution < -0.4 is 11.5 Å². The van der Waals surface area contributed by atoms with Crippen LogP contribution in [0.1, 0.15) is 73.8 Å². The van der Waals surface area contributed by atoms with Gasteiger partial charge in [-0.1, -0.05) is 75.0 Å². The number of hydrogen-bond acceptors (Lipinski definition) is 3. The molecule has 1 fully saturated rings. The Bertz CT molecular complexity index is 1050. The zero-order chi connectivity index (χ0) is 25.3. The zero-order valence-corrected chi connectivity index (χ0v) is 21.3. The largest absolute Gasteiger partial charge is 0.333 e. The third-order valence-corrected chi connectivity index (χ3v) is 6.18. The molecule has 1 aliphatic carbocycles. The Balaban J connectivity index is 0.000000738. The van der Waals surface area contributed by atoms with E-state index < -0.39 is 11.6 Å². The quantitative estimate of drug-likeness (QED) is 0.357. The summed E-state index contributed by atoms with van der Waals surface area (Å²) in [5, 5.41) is -0.128. The normalized spacial score (nSPS) is 13.7. The van der Waals surface area contributed by atoms with E-state index >= 15 is 0 Å². The van der Waals surface area contributed by atoms with Crippen LogP contribution in [-0.4, -0.2) is 18.6 Å². The lowest BCUT2D eigenvalue weighted by Crippen LogP contribution is -2.17. The van der Waals surface area contributed by atoms with Crippen LogP contribution in [0.3, 0.4) is 0 Å². The molecule has 1 aromatic heterocycles. The number of rotatable bonds is 6. The molecule has 4 rings (SSSR count). The van der Waals surface area contributed by atoms with Crippen LogP contribution >= 0.6 is 11.6 Å². The maximum absolute atomic E-state index is 14.7. The topological polar surface area (TPSA) is 64.9 Å². The third kappa shape index (κ3) is 7.08. The van der Waals surface area contributed by atoms with Crippen LogP contribution in [-0.2, 0) is 0 Å². The van der Waals surface area contributed by atoms with Gasteiger partial charge in [-0.05, 0) is 55.1 Å². The van der Waals surface area contributed by atoms with Crippen molar-refractivity contribution in [2.75, 3.05) is 13.6 Å². The number of nitrogens with zero attached hydrogens (tertiary/aromatic N) is 1. The van der Waals surface area contributed by atoms with Crippen molar-refractivity contribution >= 4 is 11.6 Å². The van der Waals surface area contributed by atoms with Crippen LogP contribution in [0.4, 0.5) is 8.78 Å². The van der Waals surface area contributed by atoms with Crippen LogP contribution in [0.5, 0.6) is 0 Å². The van der Waals surface area contributed by atoms with E-state index in [-0.39, 0.29) is 22.4 Å². The summed E-state index contributed by atoms with van der Waals surface area (Å²) >= 11 is 5.95. The Kier molecular flexibility index (Phi) is 11.1. The lowest BCUT2D eigenvalue weighted by Gasteiger charge is -2.22. The highest BCUT2D eigenvalue weighted by Crippen LogP contribution is 2.36. The van der Waals surface area contributed by atoms with Crippen LogP contribution in [0.15, 0.2) is 48.5 Å². The second-order valence-electron chi connectivity index (χ2n) is 8.43. The van der Waals surface area contributed by atoms with Crippen molar-refractivity contribution in [1.82, 2.24) is 4.98 Å². The maximum atomic E-state index is 14.7. The van der Waals surface area contributed by atoms with E-state index in [1.165, 1.54) is 32.4 Å². The molecule has 2 aromatic carbocycles. The van der Waals surface area contributed by atoms with E-state index in [9.17, 15) is 8.78 Å². The van der Waals surface area contributed by atoms with E-state index in [0.29, 0.717) is 12.2 Å². The van der Waals surface area contributed by atoms with Gasteiger partial charge in [0.05, 0.1) is 16.4 Å². The van der Waals surface area contributed by atoms with E-state index in [4.69, 9.17) is 22.3 Å². The Morgan fingerprint density at radius 3 is 2.15 bits per heavy atom. The number of aromatic nitrogens is 1. The van der Waals surface area contributed by atoms with Crippen molar-refractivity contribution in [3.05, 3.63) is 87.6 Å². The molecule has 0 spiro atoms. The molecule has 2 atom stereocenters. The molecule has 1 heterocycles. The number of benzene rings is 2. The number of halogens is 3. The second-order valence-corrected chi connectivity index (χ2v) is 8.83. The van der Waals surface area contributed by atoms with Crippen molar-refractivity contribution in [1.29, 1.82) is 0 Å². The molecular weight excluding hydrogens is 452 g/mol. The van der Waals surface area contributed by atoms with Crippen LogP contribution in [0.2, 0.25) is 5.02 Å². The van der Waals surface area contributed by atoms with Gasteiger partial charge in [-0.2, -0.15) is 0 Å². The summed E-state index contributed by atoms with van der Waals surface area (Å²) in [4.78, 5) is 4.80. The van der Waals surface area contributed by atoms with Crippen molar-refractivity contribution < 1.29 is 8.78 Å². The summed E-state index contributed by atoms with van der Waals surface area (Å²) in [5.74, 6) is -1.34. The van der Waals surface area contributed by atoms with Crippen molar-refractivity contribution in [3.63, 3.8) is 0 Å². The average Bonchev–Trinajstić information content (AvgIpc) is 3.74. The minimum absolute atomic E-state index is 0.127. The molecular formula is C28H36ClF2N3. The molecule has 2 unspecified atom stereocenters. The van der Waals surface area contributed by atoms with E-state index in [1.54, 1.807) is 0 Å². The Labute approximate surface area is 207 Å². The summed E-state index contributed by atoms with van der Waals surface area (Å²) < 4.78 is 28.4. The summed E-state index contributed by atoms with van der Waals surface area (Å²) in [6, 6.07) is 14.1. The Morgan fingerprint density at radius 2 is 1.62 bits per heavy atom. The second kappa shape index (κ2) is 13.5. The minimum atomic E-state index is -0.784. The summed E-state index contributed by atoms with van der Waals surface area (Å²) in [6.07, 6.45) is 5.43. The van der Waals surface area contributed by atoms with Gasteiger partial charge in [-0.3, -0.25) is 4.98 Å². The lowest BCUT2D eigenvalue weighted by molar-refractivity contribution is 0.585. The maximum Gasteiger partial charge on any atom is 0.144 e. The molecule has 3 nitrogen and oxygen atoms in total. The van der Waals surface area contributed by atoms with Gasteiger partial charge in [0.15, 0.2) is 0 Å². The monoisotopic (exact) mass is 487 g/mol. The standard InChI is InChI=1S/C24H25ClF2N2.C3H6.CH5N/c1-4-14(2)17-11-23(19(13-28)16-8-6-5-7-9-16)29-24(15(17)3)18-10-20(25)22(27)12-21(18)26;1-2-3-1;1-2/h5-12,14,19H,4,13,28H2,1-3H3;1-3H2;2H2,1H3. The Morgan fingerprint density at radius 1 is 1.00 bits per heavy atom. The van der Waals surface area contributed by atoms with Crippen LogP contribution in [0.25, 0.3) is 11.3 Å². The predicted molar refractivity (Wildman–Crippen MR) is 139 cm³/mol. The highest BCUT2D eigenvalue weighted by molar-refractivity contribution is 6.31. The minimum Gasteiger partial charge on any atom is -0.333 e. The molecule has 0 saturated heterocycles. The van der Waals surface area contributed by atoms with Gasteiger partial charge in [0.1, 0.15) is 11.6 Å². The van der Waals surface area contributed by atoms with Gasteiger partial charge in [-0.25, -0.2) is 8.78 Å². The molecule has 34 heavy (non-hydrogen) atoms. The number of pyridine rings is 1. The van der Waals surface area contributed by atoms with Crippen molar-refractivity contribution in [2.45, 2.75) is 58.3 Å². The van der Waals surface area contributed by atoms with Gasteiger partial charge in [0.2, 0.25) is 0 Å². The first kappa shape index (κ1) is 27.9. The predicted octanol–water partition coefficient (Wildman–Crippen LogP) is 7.34. The van der Waals surface area contributed by atoms with Crippen LogP contribution in [0, 0.1) is 18.6 Å². The van der Waals surface area contributed by atoms with Gasteiger partial charge in [0, 0.05) is 24.1 Å². The van der Waals surface area contributed by atoms with Gasteiger partial charge in [0.25, 0.3) is 0 Å². The smallest absolute Gasteiger partial charge is 0.144 e. The first-order valence-electron chi connectivity index (χ1n) is 11.9. The van der Waals surface area contributed by atoms with Gasteiger partial charge >= 0.3 is 0 Å². The zero-order valence-electron chi connectivity index (χ0n) is 20.5. The summed E-state index contributed by atoms with van der Waals surface area (Å²) in [6.45, 7) is 6.52.